The number of halogens is 1. The highest BCUT2D eigenvalue weighted by Crippen LogP contribution is 2.39. The Bertz CT molecular complexity index is 429. The van der Waals surface area contributed by atoms with E-state index in [1.807, 2.05) is 13.1 Å². The number of hydrogen-bond acceptors (Lipinski definition) is 2. The lowest BCUT2D eigenvalue weighted by molar-refractivity contribution is 0.356. The second-order valence-corrected chi connectivity index (χ2v) is 6.22. The smallest absolute Gasteiger partial charge is 0.0410 e. The molecule has 1 heterocycles. The van der Waals surface area contributed by atoms with Gasteiger partial charge in [0, 0.05) is 22.8 Å². The van der Waals surface area contributed by atoms with E-state index in [0.717, 1.165) is 18.1 Å². The van der Waals surface area contributed by atoms with E-state index in [-0.39, 0.29) is 5.54 Å². The van der Waals surface area contributed by atoms with Crippen LogP contribution >= 0.6 is 11.6 Å². The molecule has 2 nitrogen and oxygen atoms in total. The summed E-state index contributed by atoms with van der Waals surface area (Å²) < 4.78 is 0. The van der Waals surface area contributed by atoms with Crippen molar-refractivity contribution in [2.75, 3.05) is 25.0 Å². The molecule has 2 rings (SSSR count). The molecule has 1 unspecified atom stereocenters. The van der Waals surface area contributed by atoms with Gasteiger partial charge in [0.2, 0.25) is 0 Å². The summed E-state index contributed by atoms with van der Waals surface area (Å²) >= 11 is 6.04. The number of rotatable bonds is 3. The van der Waals surface area contributed by atoms with Crippen molar-refractivity contribution in [2.45, 2.75) is 32.7 Å². The zero-order valence-electron chi connectivity index (χ0n) is 11.8. The molecule has 1 saturated heterocycles. The molecule has 1 fully saturated rings. The molecule has 0 saturated carbocycles. The number of benzene rings is 1. The normalized spacial score (nSPS) is 22.5. The van der Waals surface area contributed by atoms with Gasteiger partial charge in [0.05, 0.1) is 0 Å². The average Bonchev–Trinajstić information content (AvgIpc) is 2.56. The van der Waals surface area contributed by atoms with Crippen molar-refractivity contribution in [3.8, 4) is 0 Å². The monoisotopic (exact) mass is 266 g/mol. The summed E-state index contributed by atoms with van der Waals surface area (Å²) in [6.45, 7) is 9.03. The highest BCUT2D eigenvalue weighted by molar-refractivity contribution is 6.30. The Kier molecular flexibility index (Phi) is 3.88. The first-order valence-electron chi connectivity index (χ1n) is 6.65. The van der Waals surface area contributed by atoms with Crippen molar-refractivity contribution < 1.29 is 0 Å². The molecule has 0 bridgehead atoms. The molecule has 0 amide bonds. The topological polar surface area (TPSA) is 15.3 Å². The molecular formula is C15H23ClN2. The minimum absolute atomic E-state index is 0.196. The molecule has 18 heavy (non-hydrogen) atoms. The Morgan fingerprint density at radius 1 is 1.44 bits per heavy atom. The van der Waals surface area contributed by atoms with Crippen LogP contribution in [0.3, 0.4) is 0 Å². The van der Waals surface area contributed by atoms with Crippen LogP contribution in [-0.2, 0) is 0 Å². The molecular weight excluding hydrogens is 244 g/mol. The zero-order chi connectivity index (χ0) is 13.3. The molecule has 1 N–H and O–H groups in total. The van der Waals surface area contributed by atoms with Gasteiger partial charge in [0.1, 0.15) is 0 Å². The van der Waals surface area contributed by atoms with Gasteiger partial charge in [-0.2, -0.15) is 0 Å². The van der Waals surface area contributed by atoms with Crippen molar-refractivity contribution >= 4 is 17.3 Å². The zero-order valence-corrected chi connectivity index (χ0v) is 12.5. The van der Waals surface area contributed by atoms with E-state index in [4.69, 9.17) is 11.6 Å². The molecule has 0 aromatic heterocycles. The van der Waals surface area contributed by atoms with Gasteiger partial charge >= 0.3 is 0 Å². The Morgan fingerprint density at radius 3 is 2.78 bits per heavy atom. The highest BCUT2D eigenvalue weighted by Gasteiger charge is 2.41. The summed E-state index contributed by atoms with van der Waals surface area (Å²) in [5.41, 5.74) is 2.78. The first kappa shape index (κ1) is 13.7. The van der Waals surface area contributed by atoms with Crippen LogP contribution < -0.4 is 10.2 Å². The van der Waals surface area contributed by atoms with E-state index in [9.17, 15) is 0 Å². The molecule has 100 valence electrons. The maximum atomic E-state index is 6.04. The van der Waals surface area contributed by atoms with Gasteiger partial charge in [0.15, 0.2) is 0 Å². The molecule has 3 heteroatoms. The lowest BCUT2D eigenvalue weighted by atomic mass is 9.88. The van der Waals surface area contributed by atoms with Crippen molar-refractivity contribution in [3.63, 3.8) is 0 Å². The quantitative estimate of drug-likeness (QED) is 0.901. The summed E-state index contributed by atoms with van der Waals surface area (Å²) in [5, 5.41) is 4.13. The standard InChI is InChI=1S/C15H23ClN2/c1-11-9-13(16)5-6-14(11)18-8-7-12(10-17-4)15(18,2)3/h5-6,9,12,17H,7-8,10H2,1-4H3. The third-order valence-corrected chi connectivity index (χ3v) is 4.53. The summed E-state index contributed by atoms with van der Waals surface area (Å²) in [4.78, 5) is 2.53. The molecule has 0 radical (unpaired) electrons. The van der Waals surface area contributed by atoms with Gasteiger partial charge in [0.25, 0.3) is 0 Å². The third-order valence-electron chi connectivity index (χ3n) is 4.30. The van der Waals surface area contributed by atoms with E-state index in [2.05, 4.69) is 43.1 Å². The first-order chi connectivity index (χ1) is 8.46. The van der Waals surface area contributed by atoms with Crippen LogP contribution in [0.1, 0.15) is 25.8 Å². The van der Waals surface area contributed by atoms with E-state index in [1.54, 1.807) is 0 Å². The number of nitrogens with zero attached hydrogens (tertiary/aromatic N) is 1. The van der Waals surface area contributed by atoms with Crippen LogP contribution in [-0.4, -0.2) is 25.7 Å². The summed E-state index contributed by atoms with van der Waals surface area (Å²) in [7, 11) is 2.03. The minimum Gasteiger partial charge on any atom is -0.366 e. The second-order valence-electron chi connectivity index (χ2n) is 5.78. The van der Waals surface area contributed by atoms with Crippen molar-refractivity contribution in [1.29, 1.82) is 0 Å². The van der Waals surface area contributed by atoms with E-state index >= 15 is 0 Å². The van der Waals surface area contributed by atoms with Crippen LogP contribution in [0, 0.1) is 12.8 Å². The summed E-state index contributed by atoms with van der Waals surface area (Å²) in [5.74, 6) is 0.692. The number of aryl methyl sites for hydroxylation is 1. The lowest BCUT2D eigenvalue weighted by Crippen LogP contribution is -2.45. The molecule has 1 aromatic carbocycles. The van der Waals surface area contributed by atoms with E-state index in [1.165, 1.54) is 17.7 Å². The molecule has 1 aromatic rings. The fraction of sp³-hybridized carbons (Fsp3) is 0.600. The Hall–Kier alpha value is -0.730. The predicted octanol–water partition coefficient (Wildman–Crippen LogP) is 3.47. The second kappa shape index (κ2) is 5.10. The third kappa shape index (κ3) is 2.36. The van der Waals surface area contributed by atoms with Crippen LogP contribution in [0.4, 0.5) is 5.69 Å². The highest BCUT2D eigenvalue weighted by atomic mass is 35.5. The number of anilines is 1. The largest absolute Gasteiger partial charge is 0.366 e. The van der Waals surface area contributed by atoms with Gasteiger partial charge in [-0.05, 0) is 70.5 Å². The molecule has 1 aliphatic rings. The summed E-state index contributed by atoms with van der Waals surface area (Å²) in [6, 6.07) is 6.20. The van der Waals surface area contributed by atoms with Crippen LogP contribution in [0.2, 0.25) is 5.02 Å². The van der Waals surface area contributed by atoms with Crippen molar-refractivity contribution in [2.24, 2.45) is 5.92 Å². The molecule has 0 aliphatic carbocycles. The van der Waals surface area contributed by atoms with Gasteiger partial charge in [-0.15, -0.1) is 0 Å². The first-order valence-corrected chi connectivity index (χ1v) is 7.03. The van der Waals surface area contributed by atoms with Crippen molar-refractivity contribution in [1.82, 2.24) is 5.32 Å². The maximum Gasteiger partial charge on any atom is 0.0410 e. The Morgan fingerprint density at radius 2 is 2.17 bits per heavy atom. The average molecular weight is 267 g/mol. The van der Waals surface area contributed by atoms with E-state index in [0.29, 0.717) is 5.92 Å². The lowest BCUT2D eigenvalue weighted by Gasteiger charge is -2.38. The van der Waals surface area contributed by atoms with Crippen LogP contribution in [0.15, 0.2) is 18.2 Å². The van der Waals surface area contributed by atoms with Gasteiger partial charge in [-0.1, -0.05) is 11.6 Å². The molecule has 1 atom stereocenters. The SMILES string of the molecule is CNCC1CCN(c2ccc(Cl)cc2C)C1(C)C. The van der Waals surface area contributed by atoms with Gasteiger partial charge in [-0.25, -0.2) is 0 Å². The van der Waals surface area contributed by atoms with Crippen molar-refractivity contribution in [3.05, 3.63) is 28.8 Å². The minimum atomic E-state index is 0.196. The fourth-order valence-corrected chi connectivity index (χ4v) is 3.32. The van der Waals surface area contributed by atoms with Crippen LogP contribution in [0.5, 0.6) is 0 Å². The Labute approximate surface area is 115 Å². The summed E-state index contributed by atoms with van der Waals surface area (Å²) in [6.07, 6.45) is 1.25. The number of hydrogen-bond donors (Lipinski definition) is 1. The van der Waals surface area contributed by atoms with Gasteiger partial charge in [-0.3, -0.25) is 0 Å². The van der Waals surface area contributed by atoms with Crippen LogP contribution in [0.25, 0.3) is 0 Å². The van der Waals surface area contributed by atoms with E-state index < -0.39 is 0 Å². The fourth-order valence-electron chi connectivity index (χ4n) is 3.10. The Balaban J connectivity index is 2.29. The van der Waals surface area contributed by atoms with Gasteiger partial charge < -0.3 is 10.2 Å². The molecule has 0 spiro atoms. The molecule has 1 aliphatic heterocycles. The predicted molar refractivity (Wildman–Crippen MR) is 79.6 cm³/mol. The maximum absolute atomic E-state index is 6.04. The number of nitrogens with one attached hydrogen (secondary N) is 1.